The molecule has 0 spiro atoms. The minimum atomic E-state index is 0.0957. The molecule has 1 unspecified atom stereocenters. The standard InChI is InChI=1S/C12H18N4O/c1-8-7-13-5-6-16(8)12(17)11-9-3-2-4-10(9)14-15-11/h8,13H,2-7H2,1H3,(H,14,15). The molecule has 1 aromatic heterocycles. The fraction of sp³-hybridized carbons (Fsp3) is 0.667. The molecular weight excluding hydrogens is 216 g/mol. The van der Waals surface area contributed by atoms with Gasteiger partial charge in [-0.3, -0.25) is 9.89 Å². The summed E-state index contributed by atoms with van der Waals surface area (Å²) in [5.74, 6) is 0.0957. The lowest BCUT2D eigenvalue weighted by Crippen LogP contribution is -2.52. The van der Waals surface area contributed by atoms with Crippen LogP contribution in [-0.4, -0.2) is 46.7 Å². The number of hydrogen-bond acceptors (Lipinski definition) is 3. The number of H-pyrrole nitrogens is 1. The molecule has 0 radical (unpaired) electrons. The quantitative estimate of drug-likeness (QED) is 0.736. The van der Waals surface area contributed by atoms with E-state index in [9.17, 15) is 4.79 Å². The summed E-state index contributed by atoms with van der Waals surface area (Å²) in [4.78, 5) is 14.4. The molecule has 1 aliphatic heterocycles. The highest BCUT2D eigenvalue weighted by Crippen LogP contribution is 2.24. The smallest absolute Gasteiger partial charge is 0.274 e. The van der Waals surface area contributed by atoms with Crippen molar-refractivity contribution in [2.24, 2.45) is 0 Å². The molecule has 0 aromatic carbocycles. The fourth-order valence-corrected chi connectivity index (χ4v) is 2.77. The first-order valence-corrected chi connectivity index (χ1v) is 6.35. The molecule has 1 atom stereocenters. The Morgan fingerprint density at radius 1 is 1.47 bits per heavy atom. The Morgan fingerprint density at radius 2 is 2.35 bits per heavy atom. The number of aryl methyl sites for hydroxylation is 1. The van der Waals surface area contributed by atoms with Gasteiger partial charge in [-0.25, -0.2) is 0 Å². The van der Waals surface area contributed by atoms with Gasteiger partial charge in [0.15, 0.2) is 5.69 Å². The lowest BCUT2D eigenvalue weighted by molar-refractivity contribution is 0.0648. The van der Waals surface area contributed by atoms with Gasteiger partial charge < -0.3 is 10.2 Å². The average Bonchev–Trinajstić information content (AvgIpc) is 2.90. The van der Waals surface area contributed by atoms with E-state index >= 15 is 0 Å². The third-order valence-electron chi connectivity index (χ3n) is 3.77. The Labute approximate surface area is 101 Å². The van der Waals surface area contributed by atoms with Crippen molar-refractivity contribution in [3.8, 4) is 0 Å². The van der Waals surface area contributed by atoms with E-state index in [1.165, 1.54) is 0 Å². The van der Waals surface area contributed by atoms with E-state index in [1.807, 2.05) is 4.90 Å². The first-order valence-electron chi connectivity index (χ1n) is 6.35. The Balaban J connectivity index is 1.85. The molecule has 5 heteroatoms. The molecule has 0 saturated carbocycles. The van der Waals surface area contributed by atoms with E-state index in [2.05, 4.69) is 22.4 Å². The van der Waals surface area contributed by atoms with E-state index in [0.717, 1.165) is 50.2 Å². The molecule has 3 rings (SSSR count). The summed E-state index contributed by atoms with van der Waals surface area (Å²) >= 11 is 0. The Hall–Kier alpha value is -1.36. The van der Waals surface area contributed by atoms with Crippen molar-refractivity contribution in [3.63, 3.8) is 0 Å². The van der Waals surface area contributed by atoms with Gasteiger partial charge in [-0.05, 0) is 26.2 Å². The van der Waals surface area contributed by atoms with Gasteiger partial charge in [0.05, 0.1) is 0 Å². The number of nitrogens with zero attached hydrogens (tertiary/aromatic N) is 2. The van der Waals surface area contributed by atoms with Gasteiger partial charge in [-0.2, -0.15) is 5.10 Å². The molecule has 92 valence electrons. The number of nitrogens with one attached hydrogen (secondary N) is 2. The van der Waals surface area contributed by atoms with Crippen LogP contribution in [0, 0.1) is 0 Å². The molecule has 0 bridgehead atoms. The molecule has 2 aliphatic rings. The van der Waals surface area contributed by atoms with Crippen molar-refractivity contribution >= 4 is 5.91 Å². The highest BCUT2D eigenvalue weighted by atomic mass is 16.2. The van der Waals surface area contributed by atoms with Gasteiger partial charge in [0, 0.05) is 36.9 Å². The van der Waals surface area contributed by atoms with Gasteiger partial charge in [-0.15, -0.1) is 0 Å². The van der Waals surface area contributed by atoms with Gasteiger partial charge in [-0.1, -0.05) is 0 Å². The second kappa shape index (κ2) is 4.14. The minimum Gasteiger partial charge on any atom is -0.332 e. The van der Waals surface area contributed by atoms with Gasteiger partial charge in [0.25, 0.3) is 5.91 Å². The molecule has 2 heterocycles. The summed E-state index contributed by atoms with van der Waals surface area (Å²) in [6.07, 6.45) is 3.17. The number of piperazine rings is 1. The maximum Gasteiger partial charge on any atom is 0.274 e. The largest absolute Gasteiger partial charge is 0.332 e. The maximum atomic E-state index is 12.4. The van der Waals surface area contributed by atoms with Crippen molar-refractivity contribution in [2.75, 3.05) is 19.6 Å². The third kappa shape index (κ3) is 1.74. The molecule has 2 N–H and O–H groups in total. The SMILES string of the molecule is CC1CNCCN1C(=O)c1n[nH]c2c1CCC2. The topological polar surface area (TPSA) is 61.0 Å². The van der Waals surface area contributed by atoms with Crippen molar-refractivity contribution in [1.29, 1.82) is 0 Å². The first kappa shape index (κ1) is 10.8. The minimum absolute atomic E-state index is 0.0957. The first-order chi connectivity index (χ1) is 8.27. The van der Waals surface area contributed by atoms with Crippen molar-refractivity contribution in [1.82, 2.24) is 20.4 Å². The number of amides is 1. The number of aromatic nitrogens is 2. The number of fused-ring (bicyclic) bond motifs is 1. The maximum absolute atomic E-state index is 12.4. The summed E-state index contributed by atoms with van der Waals surface area (Å²) in [6, 6.07) is 0.255. The monoisotopic (exact) mass is 234 g/mol. The van der Waals surface area contributed by atoms with E-state index in [1.54, 1.807) is 0 Å². The van der Waals surface area contributed by atoms with Gasteiger partial charge in [0.1, 0.15) is 0 Å². The molecule has 1 aromatic rings. The zero-order valence-corrected chi connectivity index (χ0v) is 10.1. The number of carbonyl (C=O) groups excluding carboxylic acids is 1. The molecule has 1 aliphatic carbocycles. The highest BCUT2D eigenvalue weighted by Gasteiger charge is 2.29. The second-order valence-corrected chi connectivity index (χ2v) is 4.93. The van der Waals surface area contributed by atoms with Crippen LogP contribution in [0.25, 0.3) is 0 Å². The molecule has 5 nitrogen and oxygen atoms in total. The lowest BCUT2D eigenvalue weighted by atomic mass is 10.1. The molecule has 17 heavy (non-hydrogen) atoms. The van der Waals surface area contributed by atoms with Crippen LogP contribution in [0.2, 0.25) is 0 Å². The summed E-state index contributed by atoms with van der Waals surface area (Å²) in [6.45, 7) is 4.61. The third-order valence-corrected chi connectivity index (χ3v) is 3.77. The van der Waals surface area contributed by atoms with Crippen LogP contribution >= 0.6 is 0 Å². The predicted molar refractivity (Wildman–Crippen MR) is 64.0 cm³/mol. The summed E-state index contributed by atoms with van der Waals surface area (Å²) < 4.78 is 0. The van der Waals surface area contributed by atoms with Crippen LogP contribution < -0.4 is 5.32 Å². The van der Waals surface area contributed by atoms with E-state index in [0.29, 0.717) is 5.69 Å². The van der Waals surface area contributed by atoms with E-state index in [-0.39, 0.29) is 11.9 Å². The van der Waals surface area contributed by atoms with E-state index in [4.69, 9.17) is 0 Å². The zero-order valence-electron chi connectivity index (χ0n) is 10.1. The van der Waals surface area contributed by atoms with Gasteiger partial charge in [0.2, 0.25) is 0 Å². The molecule has 1 saturated heterocycles. The van der Waals surface area contributed by atoms with Crippen LogP contribution in [0.15, 0.2) is 0 Å². The Bertz CT molecular complexity index is 440. The van der Waals surface area contributed by atoms with Crippen molar-refractivity contribution in [3.05, 3.63) is 17.0 Å². The molecular formula is C12H18N4O. The lowest BCUT2D eigenvalue weighted by Gasteiger charge is -2.33. The van der Waals surface area contributed by atoms with E-state index < -0.39 is 0 Å². The predicted octanol–water partition coefficient (Wildman–Crippen LogP) is 0.332. The number of aromatic amines is 1. The van der Waals surface area contributed by atoms with Crippen LogP contribution in [0.1, 0.15) is 35.1 Å². The number of carbonyl (C=O) groups is 1. The van der Waals surface area contributed by atoms with Crippen LogP contribution in [0.5, 0.6) is 0 Å². The second-order valence-electron chi connectivity index (χ2n) is 4.93. The summed E-state index contributed by atoms with van der Waals surface area (Å²) in [5.41, 5.74) is 2.98. The average molecular weight is 234 g/mol. The highest BCUT2D eigenvalue weighted by molar-refractivity contribution is 5.94. The fourth-order valence-electron chi connectivity index (χ4n) is 2.77. The Morgan fingerprint density at radius 3 is 3.18 bits per heavy atom. The number of rotatable bonds is 1. The van der Waals surface area contributed by atoms with Crippen LogP contribution in [0.4, 0.5) is 0 Å². The van der Waals surface area contributed by atoms with Crippen LogP contribution in [-0.2, 0) is 12.8 Å². The van der Waals surface area contributed by atoms with Crippen molar-refractivity contribution < 1.29 is 4.79 Å². The molecule has 1 amide bonds. The molecule has 1 fully saturated rings. The van der Waals surface area contributed by atoms with Crippen LogP contribution in [0.3, 0.4) is 0 Å². The summed E-state index contributed by atoms with van der Waals surface area (Å²) in [7, 11) is 0. The van der Waals surface area contributed by atoms with Gasteiger partial charge >= 0.3 is 0 Å². The number of hydrogen-bond donors (Lipinski definition) is 2. The normalized spacial score (nSPS) is 23.8. The van der Waals surface area contributed by atoms with Crippen molar-refractivity contribution in [2.45, 2.75) is 32.2 Å². The zero-order chi connectivity index (χ0) is 11.8. The Kier molecular flexibility index (Phi) is 2.63. The summed E-state index contributed by atoms with van der Waals surface area (Å²) in [5, 5.41) is 10.5.